The molecule has 0 bridgehead atoms. The maximum atomic E-state index is 12.8. The van der Waals surface area contributed by atoms with Crippen molar-refractivity contribution in [3.63, 3.8) is 0 Å². The Morgan fingerprint density at radius 1 is 1.07 bits per heavy atom. The Bertz CT molecular complexity index is 1010. The van der Waals surface area contributed by atoms with Gasteiger partial charge in [-0.15, -0.1) is 10.2 Å². The Hall–Kier alpha value is -2.60. The highest BCUT2D eigenvalue weighted by molar-refractivity contribution is 7.99. The molecule has 3 rings (SSSR count). The molecule has 0 saturated carbocycles. The molecular formula is C22H25N3O2S. The molecule has 0 spiro atoms. The average Bonchev–Trinajstić information content (AvgIpc) is 3.11. The normalized spacial score (nSPS) is 10.9. The van der Waals surface area contributed by atoms with Crippen molar-refractivity contribution < 1.29 is 9.53 Å². The van der Waals surface area contributed by atoms with Gasteiger partial charge in [0.1, 0.15) is 5.75 Å². The van der Waals surface area contributed by atoms with Gasteiger partial charge in [-0.1, -0.05) is 30.0 Å². The number of carbonyl (C=O) groups excluding carboxylic acids is 1. The number of thioether (sulfide) groups is 1. The molecule has 3 aromatic rings. The summed E-state index contributed by atoms with van der Waals surface area (Å²) in [5, 5.41) is 9.42. The third-order valence-electron chi connectivity index (χ3n) is 4.85. The first-order chi connectivity index (χ1) is 13.5. The van der Waals surface area contributed by atoms with Gasteiger partial charge in [-0.25, -0.2) is 0 Å². The minimum atomic E-state index is 0.107. The van der Waals surface area contributed by atoms with Crippen LogP contribution in [-0.2, 0) is 6.54 Å². The number of ether oxygens (including phenoxy) is 1. The molecule has 0 aliphatic rings. The Kier molecular flexibility index (Phi) is 6.19. The van der Waals surface area contributed by atoms with Gasteiger partial charge in [0.05, 0.1) is 18.4 Å². The lowest BCUT2D eigenvalue weighted by molar-refractivity contribution is 0.102. The molecule has 28 heavy (non-hydrogen) atoms. The number of aromatic nitrogens is 3. The van der Waals surface area contributed by atoms with Crippen molar-refractivity contribution in [1.82, 2.24) is 14.8 Å². The molecule has 5 nitrogen and oxygen atoms in total. The van der Waals surface area contributed by atoms with Crippen molar-refractivity contribution in [1.29, 1.82) is 0 Å². The second kappa shape index (κ2) is 8.61. The molecule has 0 amide bonds. The summed E-state index contributed by atoms with van der Waals surface area (Å²) in [6.45, 7) is 8.83. The Balaban J connectivity index is 1.83. The Morgan fingerprint density at radius 2 is 1.79 bits per heavy atom. The van der Waals surface area contributed by atoms with Gasteiger partial charge < -0.3 is 9.30 Å². The summed E-state index contributed by atoms with van der Waals surface area (Å²) in [5.74, 6) is 1.93. The number of aryl methyl sites for hydroxylation is 3. The lowest BCUT2D eigenvalue weighted by Gasteiger charge is -2.11. The van der Waals surface area contributed by atoms with E-state index in [9.17, 15) is 4.79 Å². The highest BCUT2D eigenvalue weighted by Gasteiger charge is 2.18. The molecule has 1 heterocycles. The monoisotopic (exact) mass is 395 g/mol. The number of hydrogen-bond donors (Lipinski definition) is 0. The Morgan fingerprint density at radius 3 is 2.50 bits per heavy atom. The fourth-order valence-corrected chi connectivity index (χ4v) is 4.06. The van der Waals surface area contributed by atoms with E-state index in [-0.39, 0.29) is 5.78 Å². The second-order valence-corrected chi connectivity index (χ2v) is 7.66. The SMILES string of the molecule is CCn1c(SCC(=O)c2cc(C)c(C)cc2C)nnc1-c1ccccc1OC. The molecule has 0 radical (unpaired) electrons. The second-order valence-electron chi connectivity index (χ2n) is 6.71. The number of methoxy groups -OCH3 is 1. The molecular weight excluding hydrogens is 370 g/mol. The van der Waals surface area contributed by atoms with Crippen molar-refractivity contribution in [2.24, 2.45) is 0 Å². The van der Waals surface area contributed by atoms with Crippen LogP contribution in [0.25, 0.3) is 11.4 Å². The summed E-state index contributed by atoms with van der Waals surface area (Å²) in [7, 11) is 1.64. The molecule has 2 aromatic carbocycles. The molecule has 6 heteroatoms. The quantitative estimate of drug-likeness (QED) is 0.422. The lowest BCUT2D eigenvalue weighted by Crippen LogP contribution is -2.08. The first kappa shape index (κ1) is 20.1. The van der Waals surface area contributed by atoms with Crippen LogP contribution in [0.1, 0.15) is 34.0 Å². The maximum Gasteiger partial charge on any atom is 0.191 e. The average molecular weight is 396 g/mol. The van der Waals surface area contributed by atoms with E-state index in [0.717, 1.165) is 39.0 Å². The van der Waals surface area contributed by atoms with Gasteiger partial charge in [0.2, 0.25) is 0 Å². The topological polar surface area (TPSA) is 57.0 Å². The van der Waals surface area contributed by atoms with Crippen molar-refractivity contribution in [3.05, 3.63) is 58.7 Å². The molecule has 0 saturated heterocycles. The molecule has 1 aromatic heterocycles. The maximum absolute atomic E-state index is 12.8. The number of hydrogen-bond acceptors (Lipinski definition) is 5. The smallest absolute Gasteiger partial charge is 0.191 e. The fraction of sp³-hybridized carbons (Fsp3) is 0.318. The van der Waals surface area contributed by atoms with Gasteiger partial charge in [-0.2, -0.15) is 0 Å². The summed E-state index contributed by atoms with van der Waals surface area (Å²) >= 11 is 1.42. The molecule has 146 valence electrons. The number of carbonyl (C=O) groups is 1. The van der Waals surface area contributed by atoms with Gasteiger partial charge in [-0.3, -0.25) is 4.79 Å². The number of benzene rings is 2. The van der Waals surface area contributed by atoms with Crippen LogP contribution in [0.15, 0.2) is 41.6 Å². The minimum absolute atomic E-state index is 0.107. The van der Waals surface area contributed by atoms with Crippen molar-refractivity contribution in [2.75, 3.05) is 12.9 Å². The van der Waals surface area contributed by atoms with Gasteiger partial charge in [0, 0.05) is 12.1 Å². The van der Waals surface area contributed by atoms with E-state index < -0.39 is 0 Å². The summed E-state index contributed by atoms with van der Waals surface area (Å²) in [6, 6.07) is 11.8. The predicted octanol–water partition coefficient (Wildman–Crippen LogP) is 4.87. The largest absolute Gasteiger partial charge is 0.496 e. The Labute approximate surface area is 170 Å². The summed E-state index contributed by atoms with van der Waals surface area (Å²) in [6.07, 6.45) is 0. The van der Waals surface area contributed by atoms with Crippen LogP contribution in [0.4, 0.5) is 0 Å². The van der Waals surface area contributed by atoms with Crippen LogP contribution < -0.4 is 4.74 Å². The van der Waals surface area contributed by atoms with Crippen molar-refractivity contribution in [3.8, 4) is 17.1 Å². The van der Waals surface area contributed by atoms with E-state index in [1.54, 1.807) is 7.11 Å². The third kappa shape index (κ3) is 3.97. The van der Waals surface area contributed by atoms with E-state index in [4.69, 9.17) is 4.74 Å². The van der Waals surface area contributed by atoms with Crippen LogP contribution in [0, 0.1) is 20.8 Å². The van der Waals surface area contributed by atoms with Crippen molar-refractivity contribution >= 4 is 17.5 Å². The number of para-hydroxylation sites is 1. The zero-order chi connectivity index (χ0) is 20.3. The number of nitrogens with zero attached hydrogens (tertiary/aromatic N) is 3. The molecule has 0 fully saturated rings. The van der Waals surface area contributed by atoms with E-state index in [1.165, 1.54) is 17.3 Å². The number of ketones is 1. The van der Waals surface area contributed by atoms with Gasteiger partial charge in [-0.05, 0) is 62.6 Å². The highest BCUT2D eigenvalue weighted by atomic mass is 32.2. The van der Waals surface area contributed by atoms with Crippen LogP contribution in [0.2, 0.25) is 0 Å². The van der Waals surface area contributed by atoms with E-state index >= 15 is 0 Å². The van der Waals surface area contributed by atoms with Gasteiger partial charge in [0.15, 0.2) is 16.8 Å². The standard InChI is InChI=1S/C22H25N3O2S/c1-6-25-21(17-9-7-8-10-20(17)27-5)23-24-22(25)28-13-19(26)18-12-15(3)14(2)11-16(18)4/h7-12H,6,13H2,1-5H3. The molecule has 0 aliphatic carbocycles. The predicted molar refractivity (Wildman–Crippen MR) is 113 cm³/mol. The number of Topliss-reactive ketones (excluding diaryl/α,β-unsaturated/α-hetero) is 1. The zero-order valence-electron chi connectivity index (χ0n) is 16.9. The third-order valence-corrected chi connectivity index (χ3v) is 5.82. The fourth-order valence-electron chi connectivity index (χ4n) is 3.18. The molecule has 0 aliphatic heterocycles. The zero-order valence-corrected chi connectivity index (χ0v) is 17.8. The molecule has 0 atom stereocenters. The first-order valence-corrected chi connectivity index (χ1v) is 10.2. The van der Waals surface area contributed by atoms with E-state index in [0.29, 0.717) is 12.3 Å². The van der Waals surface area contributed by atoms with Gasteiger partial charge in [0.25, 0.3) is 0 Å². The molecule has 0 N–H and O–H groups in total. The van der Waals surface area contributed by atoms with Crippen molar-refractivity contribution in [2.45, 2.75) is 39.4 Å². The highest BCUT2D eigenvalue weighted by Crippen LogP contribution is 2.31. The molecule has 0 unspecified atom stereocenters. The minimum Gasteiger partial charge on any atom is -0.496 e. The lowest BCUT2D eigenvalue weighted by atomic mass is 9.99. The van der Waals surface area contributed by atoms with Gasteiger partial charge >= 0.3 is 0 Å². The summed E-state index contributed by atoms with van der Waals surface area (Å²) in [5.41, 5.74) is 5.02. The van der Waals surface area contributed by atoms with E-state index in [2.05, 4.69) is 23.2 Å². The van der Waals surface area contributed by atoms with Crippen LogP contribution in [0.5, 0.6) is 5.75 Å². The first-order valence-electron chi connectivity index (χ1n) is 9.26. The summed E-state index contributed by atoms with van der Waals surface area (Å²) in [4.78, 5) is 12.8. The van der Waals surface area contributed by atoms with E-state index in [1.807, 2.05) is 55.7 Å². The van der Waals surface area contributed by atoms with Crippen LogP contribution >= 0.6 is 11.8 Å². The summed E-state index contributed by atoms with van der Waals surface area (Å²) < 4.78 is 7.47. The van der Waals surface area contributed by atoms with Crippen LogP contribution in [0.3, 0.4) is 0 Å². The number of rotatable bonds is 7. The van der Waals surface area contributed by atoms with Crippen LogP contribution in [-0.4, -0.2) is 33.4 Å².